The number of anilines is 6. The molecule has 0 fully saturated rings. The molecule has 0 N–H and O–H groups in total. The number of rotatable bonds is 8. The van der Waals surface area contributed by atoms with Gasteiger partial charge >= 0.3 is 0 Å². The minimum Gasteiger partial charge on any atom is -0.308 e. The van der Waals surface area contributed by atoms with Gasteiger partial charge in [0.05, 0.1) is 17.1 Å². The average molecular weight is 721 g/mol. The molecule has 0 spiro atoms. The summed E-state index contributed by atoms with van der Waals surface area (Å²) in [5.41, 5.74) is 11.3. The number of nitrogens with zero attached hydrogens (tertiary/aromatic N) is 2. The van der Waals surface area contributed by atoms with Gasteiger partial charge in [0.2, 0.25) is 0 Å². The van der Waals surface area contributed by atoms with Crippen molar-refractivity contribution < 1.29 is 0 Å². The van der Waals surface area contributed by atoms with Crippen LogP contribution in [0.5, 0.6) is 0 Å². The Morgan fingerprint density at radius 2 is 0.745 bits per heavy atom. The van der Waals surface area contributed by atoms with Gasteiger partial charge in [-0.05, 0) is 94.2 Å². The predicted molar refractivity (Wildman–Crippen MR) is 237 cm³/mol. The predicted octanol–water partition coefficient (Wildman–Crippen LogP) is 15.5. The third-order valence-electron chi connectivity index (χ3n) is 10.4. The minimum atomic E-state index is 1.09. The van der Waals surface area contributed by atoms with Gasteiger partial charge in [-0.2, -0.15) is 0 Å². The van der Waals surface area contributed by atoms with Gasteiger partial charge in [-0.1, -0.05) is 152 Å². The first-order valence-corrected chi connectivity index (χ1v) is 19.5. The van der Waals surface area contributed by atoms with Crippen LogP contribution in [0.3, 0.4) is 0 Å². The third-order valence-corrected chi connectivity index (χ3v) is 11.5. The molecule has 1 aromatic heterocycles. The highest BCUT2D eigenvalue weighted by Crippen LogP contribution is 2.51. The number of hydrogen-bond donors (Lipinski definition) is 0. The first-order chi connectivity index (χ1) is 27.3. The van der Waals surface area contributed by atoms with E-state index >= 15 is 0 Å². The van der Waals surface area contributed by atoms with Gasteiger partial charge in [0.1, 0.15) is 0 Å². The van der Waals surface area contributed by atoms with E-state index in [1.54, 1.807) is 0 Å². The van der Waals surface area contributed by atoms with Gasteiger partial charge in [-0.3, -0.25) is 0 Å². The summed E-state index contributed by atoms with van der Waals surface area (Å²) < 4.78 is 2.53. The molecule has 0 amide bonds. The molecule has 0 aliphatic heterocycles. The fraction of sp³-hybridized carbons (Fsp3) is 0. The standard InChI is InChI=1S/C52H36N2S/c1-5-17-37(18-6-1)38-29-31-44(32-30-38)53(42-23-9-3-10-24-42)50-36-52-47(46-33-40-21-13-14-22-41(40)34-51(46)55-52)35-49(50)54(43-25-11-4-12-26-43)48-28-16-15-27-45(48)39-19-7-2-8-20-39/h1-36H. The summed E-state index contributed by atoms with van der Waals surface area (Å²) in [6, 6.07) is 78.9. The zero-order valence-corrected chi connectivity index (χ0v) is 30.9. The van der Waals surface area contributed by atoms with E-state index in [2.05, 4.69) is 228 Å². The minimum absolute atomic E-state index is 1.09. The topological polar surface area (TPSA) is 6.48 Å². The lowest BCUT2D eigenvalue weighted by Crippen LogP contribution is -2.17. The molecule has 10 rings (SSSR count). The van der Waals surface area contributed by atoms with Crippen LogP contribution < -0.4 is 9.80 Å². The maximum Gasteiger partial charge on any atom is 0.0716 e. The Labute approximate surface area is 325 Å². The SMILES string of the molecule is c1ccc(-c2ccc(N(c3ccccc3)c3cc4sc5cc6ccccc6cc5c4cc3N(c3ccccc3)c3ccccc3-c3ccccc3)cc2)cc1. The van der Waals surface area contributed by atoms with Crippen molar-refractivity contribution in [1.29, 1.82) is 0 Å². The number of hydrogen-bond acceptors (Lipinski definition) is 3. The van der Waals surface area contributed by atoms with Crippen LogP contribution in [0.25, 0.3) is 53.2 Å². The zero-order chi connectivity index (χ0) is 36.6. The number of fused-ring (bicyclic) bond motifs is 4. The second-order valence-electron chi connectivity index (χ2n) is 13.8. The Morgan fingerprint density at radius 3 is 1.42 bits per heavy atom. The summed E-state index contributed by atoms with van der Waals surface area (Å²) >= 11 is 1.87. The molecular formula is C52H36N2S. The lowest BCUT2D eigenvalue weighted by Gasteiger charge is -2.34. The fourth-order valence-electron chi connectivity index (χ4n) is 7.80. The molecule has 0 saturated heterocycles. The summed E-state index contributed by atoms with van der Waals surface area (Å²) in [6.07, 6.45) is 0. The van der Waals surface area contributed by atoms with E-state index in [0.717, 1.165) is 39.7 Å². The Morgan fingerprint density at radius 1 is 0.291 bits per heavy atom. The lowest BCUT2D eigenvalue weighted by molar-refractivity contribution is 1.23. The Kier molecular flexibility index (Phi) is 8.40. The molecule has 10 aromatic rings. The zero-order valence-electron chi connectivity index (χ0n) is 30.1. The Hall–Kier alpha value is -6.94. The molecule has 0 radical (unpaired) electrons. The van der Waals surface area contributed by atoms with E-state index < -0.39 is 0 Å². The van der Waals surface area contributed by atoms with Crippen LogP contribution in [0.4, 0.5) is 34.1 Å². The van der Waals surface area contributed by atoms with Crippen molar-refractivity contribution >= 4 is 76.4 Å². The number of benzene rings is 9. The number of para-hydroxylation sites is 3. The second kappa shape index (κ2) is 14.1. The largest absolute Gasteiger partial charge is 0.308 e. The molecule has 0 atom stereocenters. The molecule has 0 saturated carbocycles. The molecule has 260 valence electrons. The van der Waals surface area contributed by atoms with E-state index in [1.807, 2.05) is 11.3 Å². The van der Waals surface area contributed by atoms with Crippen LogP contribution in [0.1, 0.15) is 0 Å². The van der Waals surface area contributed by atoms with Crippen LogP contribution >= 0.6 is 11.3 Å². The van der Waals surface area contributed by atoms with Gasteiger partial charge in [0, 0.05) is 42.8 Å². The normalized spacial score (nSPS) is 11.3. The van der Waals surface area contributed by atoms with Crippen molar-refractivity contribution in [3.8, 4) is 22.3 Å². The van der Waals surface area contributed by atoms with Gasteiger partial charge in [0.25, 0.3) is 0 Å². The van der Waals surface area contributed by atoms with Gasteiger partial charge in [0.15, 0.2) is 0 Å². The highest BCUT2D eigenvalue weighted by atomic mass is 32.1. The van der Waals surface area contributed by atoms with Crippen molar-refractivity contribution in [2.75, 3.05) is 9.80 Å². The van der Waals surface area contributed by atoms with Crippen LogP contribution in [-0.2, 0) is 0 Å². The fourth-order valence-corrected chi connectivity index (χ4v) is 8.95. The van der Waals surface area contributed by atoms with Crippen molar-refractivity contribution in [1.82, 2.24) is 0 Å². The lowest BCUT2D eigenvalue weighted by atomic mass is 10.00. The summed E-state index contributed by atoms with van der Waals surface area (Å²) in [4.78, 5) is 4.88. The summed E-state index contributed by atoms with van der Waals surface area (Å²) in [5, 5.41) is 5.03. The molecule has 0 aliphatic carbocycles. The maximum atomic E-state index is 2.45. The monoisotopic (exact) mass is 720 g/mol. The number of thiophene rings is 1. The molecule has 2 nitrogen and oxygen atoms in total. The van der Waals surface area contributed by atoms with E-state index in [9.17, 15) is 0 Å². The highest BCUT2D eigenvalue weighted by molar-refractivity contribution is 7.26. The van der Waals surface area contributed by atoms with Crippen molar-refractivity contribution in [3.63, 3.8) is 0 Å². The first-order valence-electron chi connectivity index (χ1n) is 18.7. The van der Waals surface area contributed by atoms with Crippen LogP contribution in [0.2, 0.25) is 0 Å². The van der Waals surface area contributed by atoms with Gasteiger partial charge < -0.3 is 9.80 Å². The molecule has 3 heteroatoms. The molecule has 55 heavy (non-hydrogen) atoms. The van der Waals surface area contributed by atoms with E-state index in [-0.39, 0.29) is 0 Å². The van der Waals surface area contributed by atoms with Gasteiger partial charge in [-0.15, -0.1) is 11.3 Å². The summed E-state index contributed by atoms with van der Waals surface area (Å²) in [7, 11) is 0. The Bertz CT molecular complexity index is 2900. The van der Waals surface area contributed by atoms with E-state index in [1.165, 1.54) is 47.6 Å². The summed E-state index contributed by atoms with van der Waals surface area (Å²) in [6.45, 7) is 0. The van der Waals surface area contributed by atoms with Crippen molar-refractivity contribution in [2.45, 2.75) is 0 Å². The molecular weight excluding hydrogens is 685 g/mol. The molecule has 1 heterocycles. The second-order valence-corrected chi connectivity index (χ2v) is 14.9. The smallest absolute Gasteiger partial charge is 0.0716 e. The van der Waals surface area contributed by atoms with Gasteiger partial charge in [-0.25, -0.2) is 0 Å². The Balaban J connectivity index is 1.29. The van der Waals surface area contributed by atoms with Crippen molar-refractivity contribution in [3.05, 3.63) is 218 Å². The maximum absolute atomic E-state index is 2.45. The first kappa shape index (κ1) is 32.7. The van der Waals surface area contributed by atoms with Crippen molar-refractivity contribution in [2.24, 2.45) is 0 Å². The molecule has 0 aliphatic rings. The third kappa shape index (κ3) is 6.11. The molecule has 0 unspecified atom stereocenters. The van der Waals surface area contributed by atoms with E-state index in [0.29, 0.717) is 0 Å². The molecule has 0 bridgehead atoms. The van der Waals surface area contributed by atoms with E-state index in [4.69, 9.17) is 0 Å². The highest BCUT2D eigenvalue weighted by Gasteiger charge is 2.26. The van der Waals surface area contributed by atoms with Crippen LogP contribution in [0.15, 0.2) is 218 Å². The average Bonchev–Trinajstić information content (AvgIpc) is 3.61. The van der Waals surface area contributed by atoms with Crippen LogP contribution in [0, 0.1) is 0 Å². The van der Waals surface area contributed by atoms with Crippen LogP contribution in [-0.4, -0.2) is 0 Å². The quantitative estimate of drug-likeness (QED) is 0.154. The summed E-state index contributed by atoms with van der Waals surface area (Å²) in [5.74, 6) is 0. The molecule has 9 aromatic carbocycles.